The molecule has 3 rings (SSSR count). The molecule has 142 valence electrons. The van der Waals surface area contributed by atoms with Crippen LogP contribution in [0.5, 0.6) is 0 Å². The summed E-state index contributed by atoms with van der Waals surface area (Å²) in [4.78, 5) is 25.9. The lowest BCUT2D eigenvalue weighted by Crippen LogP contribution is -2.46. The Bertz CT molecular complexity index is 893. The minimum absolute atomic E-state index is 0.0168. The van der Waals surface area contributed by atoms with E-state index in [0.717, 1.165) is 0 Å². The van der Waals surface area contributed by atoms with Gasteiger partial charge in [-0.3, -0.25) is 14.9 Å². The predicted octanol–water partition coefficient (Wildman–Crippen LogP) is 4.75. The Kier molecular flexibility index (Phi) is 5.69. The maximum absolute atomic E-state index is 13.1. The summed E-state index contributed by atoms with van der Waals surface area (Å²) in [7, 11) is 0. The second-order valence-electron chi connectivity index (χ2n) is 6.58. The molecule has 1 aliphatic heterocycles. The van der Waals surface area contributed by atoms with Crippen molar-refractivity contribution in [3.8, 4) is 0 Å². The van der Waals surface area contributed by atoms with E-state index in [1.54, 1.807) is 12.1 Å². The summed E-state index contributed by atoms with van der Waals surface area (Å²) in [6.45, 7) is 5.08. The largest absolute Gasteiger partial charge is 0.372 e. The van der Waals surface area contributed by atoms with Crippen molar-refractivity contribution in [1.29, 1.82) is 0 Å². The van der Waals surface area contributed by atoms with E-state index >= 15 is 0 Å². The molecule has 0 aliphatic carbocycles. The van der Waals surface area contributed by atoms with Gasteiger partial charge in [0.15, 0.2) is 5.78 Å². The maximum Gasteiger partial charge on any atom is 0.270 e. The van der Waals surface area contributed by atoms with Crippen molar-refractivity contribution >= 4 is 40.4 Å². The lowest BCUT2D eigenvalue weighted by Gasteiger charge is -2.37. The maximum atomic E-state index is 13.1. The molecule has 0 radical (unpaired) electrons. The highest BCUT2D eigenvalue weighted by atomic mass is 35.5. The summed E-state index contributed by atoms with van der Waals surface area (Å²) in [5, 5.41) is 11.8. The molecular formula is C19H18Cl2N2O4. The third-order valence-electron chi connectivity index (χ3n) is 4.38. The normalized spacial score (nSPS) is 19.8. The minimum Gasteiger partial charge on any atom is -0.372 e. The van der Waals surface area contributed by atoms with Gasteiger partial charge in [0.05, 0.1) is 32.7 Å². The fourth-order valence-electron chi connectivity index (χ4n) is 3.26. The van der Waals surface area contributed by atoms with Crippen LogP contribution < -0.4 is 4.90 Å². The number of nitro groups is 1. The van der Waals surface area contributed by atoms with E-state index < -0.39 is 4.92 Å². The number of halogens is 2. The third kappa shape index (κ3) is 4.24. The number of hydrogen-bond donors (Lipinski definition) is 0. The van der Waals surface area contributed by atoms with Crippen LogP contribution in [0.4, 0.5) is 11.4 Å². The van der Waals surface area contributed by atoms with Crippen LogP contribution in [0.15, 0.2) is 36.4 Å². The summed E-state index contributed by atoms with van der Waals surface area (Å²) in [6, 6.07) is 8.90. The van der Waals surface area contributed by atoms with E-state index in [1.807, 2.05) is 18.7 Å². The molecule has 1 heterocycles. The first kappa shape index (κ1) is 19.6. The highest BCUT2D eigenvalue weighted by molar-refractivity contribution is 6.42. The molecule has 27 heavy (non-hydrogen) atoms. The second-order valence-corrected chi connectivity index (χ2v) is 7.39. The quantitative estimate of drug-likeness (QED) is 0.414. The molecule has 1 saturated heterocycles. The van der Waals surface area contributed by atoms with E-state index in [-0.39, 0.29) is 34.3 Å². The Morgan fingerprint density at radius 3 is 2.37 bits per heavy atom. The summed E-state index contributed by atoms with van der Waals surface area (Å²) in [6.07, 6.45) is -0.0336. The summed E-state index contributed by atoms with van der Waals surface area (Å²) in [5.74, 6) is -0.348. The van der Waals surface area contributed by atoms with E-state index in [9.17, 15) is 14.9 Å². The van der Waals surface area contributed by atoms with Gasteiger partial charge in [0.2, 0.25) is 0 Å². The number of carbonyl (C=O) groups excluding carboxylic acids is 1. The van der Waals surface area contributed by atoms with Gasteiger partial charge in [0.25, 0.3) is 5.69 Å². The molecule has 2 aromatic carbocycles. The molecule has 2 unspecified atom stereocenters. The minimum atomic E-state index is -0.514. The zero-order valence-corrected chi connectivity index (χ0v) is 16.3. The molecule has 1 aliphatic rings. The van der Waals surface area contributed by atoms with Gasteiger partial charge < -0.3 is 9.64 Å². The van der Waals surface area contributed by atoms with E-state index in [2.05, 4.69) is 0 Å². The van der Waals surface area contributed by atoms with Crippen molar-refractivity contribution in [2.24, 2.45) is 0 Å². The van der Waals surface area contributed by atoms with Crippen LogP contribution in [0, 0.1) is 10.1 Å². The van der Waals surface area contributed by atoms with Gasteiger partial charge in [-0.2, -0.15) is 0 Å². The molecule has 0 N–H and O–H groups in total. The number of nitrogens with zero attached hydrogens (tertiary/aromatic N) is 2. The third-order valence-corrected chi connectivity index (χ3v) is 5.12. The van der Waals surface area contributed by atoms with E-state index in [0.29, 0.717) is 29.4 Å². The van der Waals surface area contributed by atoms with Crippen LogP contribution in [0.25, 0.3) is 0 Å². The van der Waals surface area contributed by atoms with Gasteiger partial charge in [-0.15, -0.1) is 0 Å². The number of carbonyl (C=O) groups is 1. The molecule has 0 spiro atoms. The molecule has 8 heteroatoms. The number of hydrogen-bond acceptors (Lipinski definition) is 5. The highest BCUT2D eigenvalue weighted by Gasteiger charge is 2.27. The summed E-state index contributed by atoms with van der Waals surface area (Å²) < 4.78 is 5.75. The number of ketones is 1. The fraction of sp³-hybridized carbons (Fsp3) is 0.316. The monoisotopic (exact) mass is 408 g/mol. The van der Waals surface area contributed by atoms with Crippen LogP contribution in [-0.4, -0.2) is 36.0 Å². The van der Waals surface area contributed by atoms with Crippen LogP contribution >= 0.6 is 23.2 Å². The predicted molar refractivity (Wildman–Crippen MR) is 105 cm³/mol. The molecule has 2 aromatic rings. The van der Waals surface area contributed by atoms with Gasteiger partial charge in [-0.1, -0.05) is 23.2 Å². The van der Waals surface area contributed by atoms with Gasteiger partial charge in [0, 0.05) is 36.5 Å². The number of nitro benzene ring substituents is 1. The lowest BCUT2D eigenvalue weighted by molar-refractivity contribution is -0.384. The van der Waals surface area contributed by atoms with Crippen molar-refractivity contribution in [3.63, 3.8) is 0 Å². The molecule has 0 aromatic heterocycles. The number of morpholine rings is 1. The number of benzene rings is 2. The summed E-state index contributed by atoms with van der Waals surface area (Å²) >= 11 is 12.0. The van der Waals surface area contributed by atoms with Crippen molar-refractivity contribution in [1.82, 2.24) is 0 Å². The number of non-ortho nitro benzene ring substituents is 1. The topological polar surface area (TPSA) is 72.7 Å². The SMILES string of the molecule is CC1CN(c2ccc([N+](=O)[O-])cc2C(=O)c2ccc(Cl)c(Cl)c2)CC(C)O1. The number of ether oxygens (including phenoxy) is 1. The van der Waals surface area contributed by atoms with Gasteiger partial charge >= 0.3 is 0 Å². The van der Waals surface area contributed by atoms with Crippen LogP contribution in [-0.2, 0) is 4.74 Å². The number of anilines is 1. The fourth-order valence-corrected chi connectivity index (χ4v) is 3.56. The molecule has 6 nitrogen and oxygen atoms in total. The van der Waals surface area contributed by atoms with Crippen molar-refractivity contribution < 1.29 is 14.5 Å². The highest BCUT2D eigenvalue weighted by Crippen LogP contribution is 2.31. The van der Waals surface area contributed by atoms with Crippen molar-refractivity contribution in [2.75, 3.05) is 18.0 Å². The van der Waals surface area contributed by atoms with E-state index in [1.165, 1.54) is 24.3 Å². The molecular weight excluding hydrogens is 391 g/mol. The average Bonchev–Trinajstić information content (AvgIpc) is 2.62. The average molecular weight is 409 g/mol. The Balaban J connectivity index is 2.07. The molecule has 2 atom stereocenters. The first-order valence-corrected chi connectivity index (χ1v) is 9.20. The standard InChI is InChI=1S/C19H18Cl2N2O4/c1-11-9-22(10-12(2)27-11)18-6-4-14(23(25)26)8-15(18)19(24)13-3-5-16(20)17(21)7-13/h3-8,11-12H,9-10H2,1-2H3. The Hall–Kier alpha value is -2.15. The molecule has 0 saturated carbocycles. The smallest absolute Gasteiger partial charge is 0.270 e. The molecule has 0 amide bonds. The van der Waals surface area contributed by atoms with Gasteiger partial charge in [-0.25, -0.2) is 0 Å². The molecule has 0 bridgehead atoms. The van der Waals surface area contributed by atoms with E-state index in [4.69, 9.17) is 27.9 Å². The van der Waals surface area contributed by atoms with Gasteiger partial charge in [0.1, 0.15) is 0 Å². The Morgan fingerprint density at radius 2 is 1.78 bits per heavy atom. The number of rotatable bonds is 4. The zero-order chi connectivity index (χ0) is 19.7. The van der Waals surface area contributed by atoms with Crippen LogP contribution in [0.1, 0.15) is 29.8 Å². The second kappa shape index (κ2) is 7.84. The lowest BCUT2D eigenvalue weighted by atomic mass is 9.99. The van der Waals surface area contributed by atoms with Crippen molar-refractivity contribution in [3.05, 3.63) is 67.7 Å². The van der Waals surface area contributed by atoms with Crippen LogP contribution in [0.2, 0.25) is 10.0 Å². The first-order chi connectivity index (χ1) is 12.8. The van der Waals surface area contributed by atoms with Crippen molar-refractivity contribution in [2.45, 2.75) is 26.1 Å². The molecule has 1 fully saturated rings. The Morgan fingerprint density at radius 1 is 1.11 bits per heavy atom. The van der Waals surface area contributed by atoms with Gasteiger partial charge in [-0.05, 0) is 38.1 Å². The Labute approximate surface area is 166 Å². The summed E-state index contributed by atoms with van der Waals surface area (Å²) in [5.41, 5.74) is 1.07. The first-order valence-electron chi connectivity index (χ1n) is 8.45. The zero-order valence-electron chi connectivity index (χ0n) is 14.8. The van der Waals surface area contributed by atoms with Crippen LogP contribution in [0.3, 0.4) is 0 Å².